The van der Waals surface area contributed by atoms with E-state index in [0.717, 1.165) is 34.1 Å². The van der Waals surface area contributed by atoms with Crippen molar-refractivity contribution in [1.29, 1.82) is 0 Å². The number of benzene rings is 1. The average molecular weight is 373 g/mol. The Morgan fingerprint density at radius 1 is 1.33 bits per heavy atom. The number of hydrogen-bond acceptors (Lipinski definition) is 2. The fourth-order valence-electron chi connectivity index (χ4n) is 1.76. The summed E-state index contributed by atoms with van der Waals surface area (Å²) in [5, 5.41) is 3.41. The number of aromatic nitrogens is 2. The van der Waals surface area contributed by atoms with Crippen LogP contribution in [0.2, 0.25) is 0 Å². The molecule has 1 heterocycles. The highest BCUT2D eigenvalue weighted by Gasteiger charge is 2.03. The van der Waals surface area contributed by atoms with Crippen molar-refractivity contribution >= 4 is 37.5 Å². The Morgan fingerprint density at radius 2 is 2.17 bits per heavy atom. The molecule has 0 saturated heterocycles. The lowest BCUT2D eigenvalue weighted by molar-refractivity contribution is 0.651. The molecule has 0 atom stereocenters. The summed E-state index contributed by atoms with van der Waals surface area (Å²) in [6.45, 7) is 3.96. The van der Waals surface area contributed by atoms with Gasteiger partial charge in [-0.25, -0.2) is 4.98 Å². The van der Waals surface area contributed by atoms with Crippen LogP contribution >= 0.6 is 31.9 Å². The minimum absolute atomic E-state index is 0.778. The van der Waals surface area contributed by atoms with Crippen LogP contribution in [0.1, 0.15) is 19.0 Å². The van der Waals surface area contributed by atoms with E-state index in [0.29, 0.717) is 0 Å². The summed E-state index contributed by atoms with van der Waals surface area (Å²) in [7, 11) is 0. The van der Waals surface area contributed by atoms with Gasteiger partial charge in [-0.2, -0.15) is 0 Å². The summed E-state index contributed by atoms with van der Waals surface area (Å²) < 4.78 is 4.30. The Hall–Kier alpha value is -0.810. The minimum Gasteiger partial charge on any atom is -0.378 e. The summed E-state index contributed by atoms with van der Waals surface area (Å²) in [5.41, 5.74) is 2.29. The molecule has 1 N–H and O–H groups in total. The van der Waals surface area contributed by atoms with Gasteiger partial charge in [0, 0.05) is 27.4 Å². The Balaban J connectivity index is 2.04. The van der Waals surface area contributed by atoms with Gasteiger partial charge in [-0.05, 0) is 40.5 Å². The molecule has 5 heteroatoms. The van der Waals surface area contributed by atoms with Gasteiger partial charge in [0.1, 0.15) is 0 Å². The standard InChI is InChI=1S/C13H15Br2N3/c1-2-5-18-9-16-7-11(18)8-17-13-4-3-10(14)6-12(13)15/h3-4,6-7,9,17H,2,5,8H2,1H3. The highest BCUT2D eigenvalue weighted by molar-refractivity contribution is 9.11. The summed E-state index contributed by atoms with van der Waals surface area (Å²) in [6.07, 6.45) is 4.91. The number of nitrogens with zero attached hydrogens (tertiary/aromatic N) is 2. The van der Waals surface area contributed by atoms with Crippen molar-refractivity contribution in [3.05, 3.63) is 45.4 Å². The lowest BCUT2D eigenvalue weighted by Gasteiger charge is -2.10. The van der Waals surface area contributed by atoms with Crippen molar-refractivity contribution in [1.82, 2.24) is 9.55 Å². The van der Waals surface area contributed by atoms with Crippen LogP contribution in [0.4, 0.5) is 5.69 Å². The van der Waals surface area contributed by atoms with Crippen LogP contribution in [0.25, 0.3) is 0 Å². The second-order valence-corrected chi connectivity index (χ2v) is 5.83. The van der Waals surface area contributed by atoms with Gasteiger partial charge in [-0.3, -0.25) is 0 Å². The molecule has 0 aliphatic carbocycles. The SMILES string of the molecule is CCCn1cncc1CNc1ccc(Br)cc1Br. The van der Waals surface area contributed by atoms with E-state index in [1.54, 1.807) is 0 Å². The van der Waals surface area contributed by atoms with Crippen molar-refractivity contribution in [2.75, 3.05) is 5.32 Å². The maximum Gasteiger partial charge on any atom is 0.0948 e. The molecule has 1 aromatic carbocycles. The van der Waals surface area contributed by atoms with E-state index in [2.05, 4.69) is 59.7 Å². The molecule has 0 aliphatic rings. The first-order valence-corrected chi connectivity index (χ1v) is 7.47. The van der Waals surface area contributed by atoms with E-state index in [9.17, 15) is 0 Å². The number of imidazole rings is 1. The predicted molar refractivity (Wildman–Crippen MR) is 81.7 cm³/mol. The van der Waals surface area contributed by atoms with Gasteiger partial charge in [0.05, 0.1) is 18.6 Å². The summed E-state index contributed by atoms with van der Waals surface area (Å²) in [6, 6.07) is 6.11. The van der Waals surface area contributed by atoms with Gasteiger partial charge in [0.15, 0.2) is 0 Å². The van der Waals surface area contributed by atoms with Crippen LogP contribution in [0.5, 0.6) is 0 Å². The van der Waals surface area contributed by atoms with Crippen molar-refractivity contribution in [3.63, 3.8) is 0 Å². The molecule has 0 saturated carbocycles. The Bertz CT molecular complexity index is 523. The first-order chi connectivity index (χ1) is 8.70. The lowest BCUT2D eigenvalue weighted by atomic mass is 10.3. The molecule has 0 bridgehead atoms. The lowest BCUT2D eigenvalue weighted by Crippen LogP contribution is -2.07. The Labute approximate surface area is 124 Å². The minimum atomic E-state index is 0.778. The topological polar surface area (TPSA) is 29.9 Å². The van der Waals surface area contributed by atoms with E-state index in [1.807, 2.05) is 24.7 Å². The van der Waals surface area contributed by atoms with Crippen LogP contribution in [0.3, 0.4) is 0 Å². The van der Waals surface area contributed by atoms with Gasteiger partial charge in [-0.1, -0.05) is 22.9 Å². The smallest absolute Gasteiger partial charge is 0.0948 e. The van der Waals surface area contributed by atoms with Gasteiger partial charge in [-0.15, -0.1) is 0 Å². The molecule has 18 heavy (non-hydrogen) atoms. The molecule has 0 aliphatic heterocycles. The number of nitrogens with one attached hydrogen (secondary N) is 1. The Morgan fingerprint density at radius 3 is 2.89 bits per heavy atom. The van der Waals surface area contributed by atoms with Crippen molar-refractivity contribution < 1.29 is 0 Å². The van der Waals surface area contributed by atoms with Crippen molar-refractivity contribution in [2.45, 2.75) is 26.4 Å². The fourth-order valence-corrected chi connectivity index (χ4v) is 2.94. The highest BCUT2D eigenvalue weighted by atomic mass is 79.9. The molecule has 0 spiro atoms. The molecular formula is C13H15Br2N3. The molecular weight excluding hydrogens is 358 g/mol. The molecule has 2 rings (SSSR count). The molecule has 0 radical (unpaired) electrons. The third-order valence-electron chi connectivity index (χ3n) is 2.65. The maximum absolute atomic E-state index is 4.19. The van der Waals surface area contributed by atoms with Gasteiger partial charge in [0.2, 0.25) is 0 Å². The van der Waals surface area contributed by atoms with E-state index in [1.165, 1.54) is 5.69 Å². The average Bonchev–Trinajstić information content (AvgIpc) is 2.76. The molecule has 96 valence electrons. The zero-order valence-electron chi connectivity index (χ0n) is 10.2. The van der Waals surface area contributed by atoms with Crippen LogP contribution in [-0.2, 0) is 13.1 Å². The van der Waals surface area contributed by atoms with E-state index in [-0.39, 0.29) is 0 Å². The predicted octanol–water partition coefficient (Wildman–Crippen LogP) is 4.43. The van der Waals surface area contributed by atoms with Crippen LogP contribution in [-0.4, -0.2) is 9.55 Å². The van der Waals surface area contributed by atoms with Gasteiger partial charge < -0.3 is 9.88 Å². The first-order valence-electron chi connectivity index (χ1n) is 5.88. The second-order valence-electron chi connectivity index (χ2n) is 4.06. The molecule has 2 aromatic rings. The first kappa shape index (κ1) is 13.6. The highest BCUT2D eigenvalue weighted by Crippen LogP contribution is 2.26. The quantitative estimate of drug-likeness (QED) is 0.841. The monoisotopic (exact) mass is 371 g/mol. The number of halogens is 2. The number of anilines is 1. The summed E-state index contributed by atoms with van der Waals surface area (Å²) in [5.74, 6) is 0. The Kier molecular flexibility index (Phi) is 4.83. The number of hydrogen-bond donors (Lipinski definition) is 1. The van der Waals surface area contributed by atoms with Gasteiger partial charge in [0.25, 0.3) is 0 Å². The zero-order valence-corrected chi connectivity index (χ0v) is 13.3. The number of aryl methyl sites for hydroxylation is 1. The second kappa shape index (κ2) is 6.38. The van der Waals surface area contributed by atoms with Crippen LogP contribution in [0.15, 0.2) is 39.7 Å². The third-order valence-corrected chi connectivity index (χ3v) is 3.80. The van der Waals surface area contributed by atoms with Crippen LogP contribution < -0.4 is 5.32 Å². The molecule has 0 amide bonds. The molecule has 0 fully saturated rings. The van der Waals surface area contributed by atoms with E-state index in [4.69, 9.17) is 0 Å². The summed E-state index contributed by atoms with van der Waals surface area (Å²) >= 11 is 6.99. The van der Waals surface area contributed by atoms with Crippen molar-refractivity contribution in [3.8, 4) is 0 Å². The van der Waals surface area contributed by atoms with E-state index < -0.39 is 0 Å². The van der Waals surface area contributed by atoms with Crippen LogP contribution in [0, 0.1) is 0 Å². The zero-order chi connectivity index (χ0) is 13.0. The third kappa shape index (κ3) is 3.36. The normalized spacial score (nSPS) is 10.6. The largest absolute Gasteiger partial charge is 0.378 e. The number of rotatable bonds is 5. The molecule has 3 nitrogen and oxygen atoms in total. The molecule has 0 unspecified atom stereocenters. The van der Waals surface area contributed by atoms with E-state index >= 15 is 0 Å². The fraction of sp³-hybridized carbons (Fsp3) is 0.308. The van der Waals surface area contributed by atoms with Gasteiger partial charge >= 0.3 is 0 Å². The molecule has 1 aromatic heterocycles. The summed E-state index contributed by atoms with van der Waals surface area (Å²) in [4.78, 5) is 4.19. The maximum atomic E-state index is 4.19. The van der Waals surface area contributed by atoms with Crippen molar-refractivity contribution in [2.24, 2.45) is 0 Å².